The Morgan fingerprint density at radius 2 is 2.16 bits per heavy atom. The fourth-order valence-electron chi connectivity index (χ4n) is 1.92. The predicted octanol–water partition coefficient (Wildman–Crippen LogP) is 2.77. The van der Waals surface area contributed by atoms with E-state index in [0.29, 0.717) is 11.6 Å². The normalized spacial score (nSPS) is 10.8. The van der Waals surface area contributed by atoms with E-state index < -0.39 is 0 Å². The monoisotopic (exact) mass is 318 g/mol. The van der Waals surface area contributed by atoms with Gasteiger partial charge < -0.3 is 10.5 Å². The molecule has 96 valence electrons. The van der Waals surface area contributed by atoms with Crippen molar-refractivity contribution in [3.63, 3.8) is 0 Å². The fourth-order valence-corrected chi connectivity index (χ4v) is 2.19. The summed E-state index contributed by atoms with van der Waals surface area (Å²) in [4.78, 5) is 4.38. The maximum absolute atomic E-state index is 5.75. The topological polar surface area (TPSA) is 66.0 Å². The molecule has 5 nitrogen and oxygen atoms in total. The number of methoxy groups -OCH3 is 1. The van der Waals surface area contributed by atoms with E-state index in [1.807, 2.05) is 24.3 Å². The first-order valence-electron chi connectivity index (χ1n) is 5.63. The Balaban J connectivity index is 2.27. The van der Waals surface area contributed by atoms with Crippen molar-refractivity contribution in [3.8, 4) is 11.6 Å². The molecule has 19 heavy (non-hydrogen) atoms. The number of nitrogen functional groups attached to an aromatic ring is 1. The number of fused-ring (bicyclic) bond motifs is 1. The Morgan fingerprint density at radius 3 is 2.84 bits per heavy atom. The highest BCUT2D eigenvalue weighted by atomic mass is 79.9. The zero-order valence-electron chi connectivity index (χ0n) is 10.2. The van der Waals surface area contributed by atoms with Crippen LogP contribution in [0, 0.1) is 0 Å². The number of pyridine rings is 1. The number of rotatable bonds is 2. The summed E-state index contributed by atoms with van der Waals surface area (Å²) < 4.78 is 7.65. The molecule has 0 aliphatic heterocycles. The molecule has 6 heteroatoms. The fraction of sp³-hybridized carbons (Fsp3) is 0.0769. The molecular formula is C13H11BrN4O. The summed E-state index contributed by atoms with van der Waals surface area (Å²) in [6, 6.07) is 7.78. The van der Waals surface area contributed by atoms with Gasteiger partial charge in [-0.3, -0.25) is 0 Å². The van der Waals surface area contributed by atoms with E-state index in [-0.39, 0.29) is 0 Å². The summed E-state index contributed by atoms with van der Waals surface area (Å²) in [6.07, 6.45) is 3.53. The van der Waals surface area contributed by atoms with Crippen molar-refractivity contribution < 1.29 is 4.74 Å². The maximum atomic E-state index is 5.75. The van der Waals surface area contributed by atoms with Crippen molar-refractivity contribution in [1.29, 1.82) is 0 Å². The Bertz CT molecular complexity index is 734. The first-order valence-corrected chi connectivity index (χ1v) is 6.42. The molecule has 0 fully saturated rings. The second-order valence-corrected chi connectivity index (χ2v) is 4.88. The van der Waals surface area contributed by atoms with Crippen LogP contribution in [0.25, 0.3) is 16.6 Å². The molecule has 0 atom stereocenters. The van der Waals surface area contributed by atoms with Crippen molar-refractivity contribution in [2.24, 2.45) is 0 Å². The lowest BCUT2D eigenvalue weighted by molar-refractivity contribution is 0.415. The minimum atomic E-state index is 0.432. The van der Waals surface area contributed by atoms with Crippen molar-refractivity contribution in [1.82, 2.24) is 14.8 Å². The highest BCUT2D eigenvalue weighted by Crippen LogP contribution is 2.26. The molecule has 0 amide bonds. The smallest absolute Gasteiger partial charge is 0.161 e. The second kappa shape index (κ2) is 4.55. The zero-order chi connectivity index (χ0) is 13.4. The van der Waals surface area contributed by atoms with E-state index >= 15 is 0 Å². The first kappa shape index (κ1) is 12.0. The van der Waals surface area contributed by atoms with Crippen LogP contribution in [0.5, 0.6) is 5.75 Å². The largest absolute Gasteiger partial charge is 0.497 e. The standard InChI is InChI=1S/C13H11BrN4O/c1-19-9-3-2-8-4-5-16-13(10(8)6-9)18-7-11(14)12(15)17-18/h2-7H,1H3,(H2,15,17). The van der Waals surface area contributed by atoms with E-state index in [9.17, 15) is 0 Å². The van der Waals surface area contributed by atoms with Crippen LogP contribution < -0.4 is 10.5 Å². The molecule has 0 saturated heterocycles. The number of nitrogens with zero attached hydrogens (tertiary/aromatic N) is 3. The van der Waals surface area contributed by atoms with Gasteiger partial charge in [-0.1, -0.05) is 6.07 Å². The van der Waals surface area contributed by atoms with Crippen LogP contribution in [0.4, 0.5) is 5.82 Å². The number of nitrogens with two attached hydrogens (primary N) is 1. The predicted molar refractivity (Wildman–Crippen MR) is 77.5 cm³/mol. The molecule has 0 spiro atoms. The molecular weight excluding hydrogens is 308 g/mol. The van der Waals surface area contributed by atoms with Crippen molar-refractivity contribution in [2.75, 3.05) is 12.8 Å². The molecule has 2 N–H and O–H groups in total. The zero-order valence-corrected chi connectivity index (χ0v) is 11.8. The number of ether oxygens (including phenoxy) is 1. The molecule has 0 unspecified atom stereocenters. The van der Waals surface area contributed by atoms with Crippen LogP contribution in [0.3, 0.4) is 0 Å². The third-order valence-corrected chi connectivity index (χ3v) is 3.48. The van der Waals surface area contributed by atoms with Gasteiger partial charge in [0.1, 0.15) is 5.75 Å². The molecule has 2 aromatic heterocycles. The van der Waals surface area contributed by atoms with Crippen molar-refractivity contribution in [2.45, 2.75) is 0 Å². The van der Waals surface area contributed by atoms with E-state index in [0.717, 1.165) is 21.0 Å². The molecule has 1 aromatic carbocycles. The van der Waals surface area contributed by atoms with E-state index in [4.69, 9.17) is 10.5 Å². The molecule has 3 rings (SSSR count). The van der Waals surface area contributed by atoms with Gasteiger partial charge in [0.25, 0.3) is 0 Å². The average molecular weight is 319 g/mol. The summed E-state index contributed by atoms with van der Waals surface area (Å²) in [5.41, 5.74) is 5.75. The number of hydrogen-bond acceptors (Lipinski definition) is 4. The lowest BCUT2D eigenvalue weighted by Gasteiger charge is -2.07. The third-order valence-electron chi connectivity index (χ3n) is 2.87. The Kier molecular flexibility index (Phi) is 2.87. The summed E-state index contributed by atoms with van der Waals surface area (Å²) in [5.74, 6) is 1.93. The van der Waals surface area contributed by atoms with Gasteiger partial charge in [0.2, 0.25) is 0 Å². The first-order chi connectivity index (χ1) is 9.19. The summed E-state index contributed by atoms with van der Waals surface area (Å²) in [5, 5.41) is 6.25. The van der Waals surface area contributed by atoms with Crippen LogP contribution in [0.2, 0.25) is 0 Å². The van der Waals surface area contributed by atoms with Crippen LogP contribution in [0.1, 0.15) is 0 Å². The second-order valence-electron chi connectivity index (χ2n) is 4.03. The lowest BCUT2D eigenvalue weighted by Crippen LogP contribution is -2.00. The molecule has 2 heterocycles. The van der Waals surface area contributed by atoms with E-state index in [2.05, 4.69) is 26.0 Å². The Labute approximate surface area is 118 Å². The minimum Gasteiger partial charge on any atom is -0.497 e. The van der Waals surface area contributed by atoms with Gasteiger partial charge in [0.05, 0.1) is 11.6 Å². The van der Waals surface area contributed by atoms with Crippen LogP contribution in [-0.4, -0.2) is 21.9 Å². The van der Waals surface area contributed by atoms with Gasteiger partial charge in [0, 0.05) is 17.8 Å². The highest BCUT2D eigenvalue weighted by Gasteiger charge is 2.09. The van der Waals surface area contributed by atoms with Gasteiger partial charge in [-0.2, -0.15) is 0 Å². The minimum absolute atomic E-state index is 0.432. The number of halogens is 1. The van der Waals surface area contributed by atoms with Gasteiger partial charge in [-0.15, -0.1) is 5.10 Å². The summed E-state index contributed by atoms with van der Waals surface area (Å²) in [6.45, 7) is 0. The Hall–Kier alpha value is -2.08. The quantitative estimate of drug-likeness (QED) is 0.789. The Morgan fingerprint density at radius 1 is 1.32 bits per heavy atom. The molecule has 0 aliphatic carbocycles. The molecule has 0 aliphatic rings. The van der Waals surface area contributed by atoms with Crippen molar-refractivity contribution in [3.05, 3.63) is 41.1 Å². The van der Waals surface area contributed by atoms with E-state index in [1.54, 1.807) is 24.2 Å². The SMILES string of the molecule is COc1ccc2ccnc(-n3cc(Br)c(N)n3)c2c1. The van der Waals surface area contributed by atoms with Crippen molar-refractivity contribution >= 4 is 32.5 Å². The van der Waals surface area contributed by atoms with E-state index in [1.165, 1.54) is 0 Å². The number of benzene rings is 1. The van der Waals surface area contributed by atoms with Crippen LogP contribution in [-0.2, 0) is 0 Å². The maximum Gasteiger partial charge on any atom is 0.161 e. The molecule has 0 radical (unpaired) electrons. The average Bonchev–Trinajstić information content (AvgIpc) is 2.77. The van der Waals surface area contributed by atoms with Crippen LogP contribution >= 0.6 is 15.9 Å². The number of hydrogen-bond donors (Lipinski definition) is 1. The summed E-state index contributed by atoms with van der Waals surface area (Å²) >= 11 is 3.34. The van der Waals surface area contributed by atoms with Crippen LogP contribution in [0.15, 0.2) is 41.1 Å². The number of aromatic nitrogens is 3. The third kappa shape index (κ3) is 2.04. The van der Waals surface area contributed by atoms with Gasteiger partial charge in [-0.05, 0) is 39.5 Å². The molecule has 3 aromatic rings. The molecule has 0 saturated carbocycles. The van der Waals surface area contributed by atoms with Gasteiger partial charge in [0.15, 0.2) is 11.6 Å². The highest BCUT2D eigenvalue weighted by molar-refractivity contribution is 9.10. The molecule has 0 bridgehead atoms. The summed E-state index contributed by atoms with van der Waals surface area (Å²) in [7, 11) is 1.64. The number of anilines is 1. The lowest BCUT2D eigenvalue weighted by atomic mass is 10.1. The van der Waals surface area contributed by atoms with Gasteiger partial charge in [-0.25, -0.2) is 9.67 Å². The van der Waals surface area contributed by atoms with Gasteiger partial charge >= 0.3 is 0 Å².